The summed E-state index contributed by atoms with van der Waals surface area (Å²) in [6.07, 6.45) is 0.919. The molecular formula is C15H16ClNO2S. The maximum atomic E-state index is 12.3. The Kier molecular flexibility index (Phi) is 4.35. The molecule has 0 fully saturated rings. The van der Waals surface area contributed by atoms with Gasteiger partial charge in [-0.25, -0.2) is 8.42 Å². The highest BCUT2D eigenvalue weighted by Gasteiger charge is 2.15. The second kappa shape index (κ2) is 5.85. The van der Waals surface area contributed by atoms with Crippen LogP contribution in [-0.4, -0.2) is 8.42 Å². The summed E-state index contributed by atoms with van der Waals surface area (Å²) < 4.78 is 27.2. The van der Waals surface area contributed by atoms with E-state index < -0.39 is 10.0 Å². The molecule has 0 spiro atoms. The van der Waals surface area contributed by atoms with Crippen LogP contribution in [0.1, 0.15) is 18.1 Å². The fourth-order valence-corrected chi connectivity index (χ4v) is 3.33. The number of halogens is 1. The molecule has 0 aromatic heterocycles. The molecule has 5 heteroatoms. The second-order valence-electron chi connectivity index (χ2n) is 4.57. The van der Waals surface area contributed by atoms with Crippen LogP contribution >= 0.6 is 11.6 Å². The number of nitrogens with one attached hydrogen (secondary N) is 1. The van der Waals surface area contributed by atoms with Gasteiger partial charge in [0.25, 0.3) is 10.0 Å². The van der Waals surface area contributed by atoms with Crippen LogP contribution in [0.3, 0.4) is 0 Å². The van der Waals surface area contributed by atoms with Crippen molar-refractivity contribution in [1.82, 2.24) is 0 Å². The smallest absolute Gasteiger partial charge is 0.261 e. The van der Waals surface area contributed by atoms with Crippen LogP contribution in [-0.2, 0) is 16.4 Å². The quantitative estimate of drug-likeness (QED) is 0.927. The van der Waals surface area contributed by atoms with Gasteiger partial charge >= 0.3 is 0 Å². The minimum atomic E-state index is -3.61. The van der Waals surface area contributed by atoms with Crippen molar-refractivity contribution in [2.75, 3.05) is 4.72 Å². The molecule has 20 heavy (non-hydrogen) atoms. The van der Waals surface area contributed by atoms with Crippen LogP contribution in [0, 0.1) is 6.92 Å². The standard InChI is InChI=1S/C15H16ClNO2S/c1-3-12-7-8-15(11(2)9-12)17-20(18,19)14-6-4-5-13(16)10-14/h4-10,17H,3H2,1-2H3. The van der Waals surface area contributed by atoms with Crippen LogP contribution in [0.5, 0.6) is 0 Å². The summed E-state index contributed by atoms with van der Waals surface area (Å²) in [6, 6.07) is 11.9. The molecule has 0 atom stereocenters. The topological polar surface area (TPSA) is 46.2 Å². The molecule has 0 saturated carbocycles. The average Bonchev–Trinajstić information content (AvgIpc) is 2.41. The third kappa shape index (κ3) is 3.32. The molecule has 0 heterocycles. The summed E-state index contributed by atoms with van der Waals surface area (Å²) in [5.74, 6) is 0. The van der Waals surface area contributed by atoms with Gasteiger partial charge in [-0.1, -0.05) is 36.7 Å². The Bertz CT molecular complexity index is 726. The zero-order chi connectivity index (χ0) is 14.8. The summed E-state index contributed by atoms with van der Waals surface area (Å²) in [7, 11) is -3.61. The molecular weight excluding hydrogens is 294 g/mol. The molecule has 0 saturated heterocycles. The third-order valence-electron chi connectivity index (χ3n) is 3.05. The molecule has 0 aliphatic carbocycles. The van der Waals surface area contributed by atoms with E-state index in [-0.39, 0.29) is 4.90 Å². The first-order valence-corrected chi connectivity index (χ1v) is 8.16. The Morgan fingerprint density at radius 1 is 1.15 bits per heavy atom. The Labute approximate surface area is 124 Å². The van der Waals surface area contributed by atoms with E-state index >= 15 is 0 Å². The lowest BCUT2D eigenvalue weighted by atomic mass is 10.1. The van der Waals surface area contributed by atoms with Crippen LogP contribution < -0.4 is 4.72 Å². The maximum Gasteiger partial charge on any atom is 0.261 e. The maximum absolute atomic E-state index is 12.3. The minimum absolute atomic E-state index is 0.156. The van der Waals surface area contributed by atoms with Crippen LogP contribution in [0.25, 0.3) is 0 Å². The SMILES string of the molecule is CCc1ccc(NS(=O)(=O)c2cccc(Cl)c2)c(C)c1. The summed E-state index contributed by atoms with van der Waals surface area (Å²) >= 11 is 5.83. The van der Waals surface area contributed by atoms with E-state index in [2.05, 4.69) is 11.6 Å². The Hall–Kier alpha value is -1.52. The number of rotatable bonds is 4. The monoisotopic (exact) mass is 309 g/mol. The summed E-state index contributed by atoms with van der Waals surface area (Å²) in [5.41, 5.74) is 2.66. The first-order valence-electron chi connectivity index (χ1n) is 6.30. The van der Waals surface area contributed by atoms with Gasteiger partial charge < -0.3 is 0 Å². The van der Waals surface area contributed by atoms with Gasteiger partial charge in [-0.15, -0.1) is 0 Å². The predicted octanol–water partition coefficient (Wildman–Crippen LogP) is 4.01. The summed E-state index contributed by atoms with van der Waals surface area (Å²) in [5, 5.41) is 0.394. The van der Waals surface area contributed by atoms with E-state index in [0.717, 1.165) is 12.0 Å². The largest absolute Gasteiger partial charge is 0.279 e. The van der Waals surface area contributed by atoms with Crippen molar-refractivity contribution in [1.29, 1.82) is 0 Å². The molecule has 106 valence electrons. The number of anilines is 1. The Morgan fingerprint density at radius 2 is 1.90 bits per heavy atom. The molecule has 0 radical (unpaired) electrons. The van der Waals surface area contributed by atoms with Crippen LogP contribution in [0.4, 0.5) is 5.69 Å². The Balaban J connectivity index is 2.33. The lowest BCUT2D eigenvalue weighted by Gasteiger charge is -2.11. The highest BCUT2D eigenvalue weighted by atomic mass is 35.5. The van der Waals surface area contributed by atoms with Gasteiger partial charge in [0.15, 0.2) is 0 Å². The normalized spacial score (nSPS) is 11.3. The highest BCUT2D eigenvalue weighted by Crippen LogP contribution is 2.22. The molecule has 0 bridgehead atoms. The average molecular weight is 310 g/mol. The number of hydrogen-bond acceptors (Lipinski definition) is 2. The van der Waals surface area contributed by atoms with Gasteiger partial charge in [0.1, 0.15) is 0 Å². The van der Waals surface area contributed by atoms with Gasteiger partial charge in [0.2, 0.25) is 0 Å². The molecule has 0 unspecified atom stereocenters. The molecule has 2 rings (SSSR count). The number of hydrogen-bond donors (Lipinski definition) is 1. The molecule has 0 aliphatic heterocycles. The van der Waals surface area contributed by atoms with Crippen molar-refractivity contribution in [3.05, 3.63) is 58.6 Å². The lowest BCUT2D eigenvalue weighted by molar-refractivity contribution is 0.601. The fourth-order valence-electron chi connectivity index (χ4n) is 1.90. The number of benzene rings is 2. The van der Waals surface area contributed by atoms with Crippen molar-refractivity contribution in [3.8, 4) is 0 Å². The van der Waals surface area contributed by atoms with Crippen molar-refractivity contribution >= 4 is 27.3 Å². The first kappa shape index (κ1) is 14.9. The van der Waals surface area contributed by atoms with Gasteiger partial charge in [-0.3, -0.25) is 4.72 Å². The third-order valence-corrected chi connectivity index (χ3v) is 4.65. The molecule has 0 aliphatic rings. The van der Waals surface area contributed by atoms with Gasteiger partial charge in [-0.2, -0.15) is 0 Å². The summed E-state index contributed by atoms with van der Waals surface area (Å²) in [6.45, 7) is 3.94. The van der Waals surface area contributed by atoms with E-state index in [1.807, 2.05) is 19.1 Å². The molecule has 0 amide bonds. The van der Waals surface area contributed by atoms with Crippen molar-refractivity contribution in [2.45, 2.75) is 25.2 Å². The number of sulfonamides is 1. The van der Waals surface area contributed by atoms with Crippen molar-refractivity contribution in [2.24, 2.45) is 0 Å². The molecule has 3 nitrogen and oxygen atoms in total. The molecule has 1 N–H and O–H groups in total. The lowest BCUT2D eigenvalue weighted by Crippen LogP contribution is -2.13. The van der Waals surface area contributed by atoms with E-state index in [0.29, 0.717) is 10.7 Å². The van der Waals surface area contributed by atoms with E-state index in [9.17, 15) is 8.42 Å². The predicted molar refractivity (Wildman–Crippen MR) is 82.8 cm³/mol. The van der Waals surface area contributed by atoms with Crippen molar-refractivity contribution in [3.63, 3.8) is 0 Å². The zero-order valence-corrected chi connectivity index (χ0v) is 12.9. The number of aryl methyl sites for hydroxylation is 2. The zero-order valence-electron chi connectivity index (χ0n) is 11.4. The van der Waals surface area contributed by atoms with Gasteiger partial charge in [0.05, 0.1) is 10.6 Å². The molecule has 2 aromatic rings. The Morgan fingerprint density at radius 3 is 2.50 bits per heavy atom. The fraction of sp³-hybridized carbons (Fsp3) is 0.200. The summed E-state index contributed by atoms with van der Waals surface area (Å²) in [4.78, 5) is 0.156. The van der Waals surface area contributed by atoms with E-state index in [4.69, 9.17) is 11.6 Å². The highest BCUT2D eigenvalue weighted by molar-refractivity contribution is 7.92. The first-order chi connectivity index (χ1) is 9.42. The molecule has 2 aromatic carbocycles. The van der Waals surface area contributed by atoms with Crippen LogP contribution in [0.2, 0.25) is 5.02 Å². The minimum Gasteiger partial charge on any atom is -0.279 e. The van der Waals surface area contributed by atoms with Crippen molar-refractivity contribution < 1.29 is 8.42 Å². The van der Waals surface area contributed by atoms with Crippen LogP contribution in [0.15, 0.2) is 47.4 Å². The second-order valence-corrected chi connectivity index (χ2v) is 6.68. The van der Waals surface area contributed by atoms with E-state index in [1.54, 1.807) is 18.2 Å². The van der Waals surface area contributed by atoms with Gasteiger partial charge in [-0.05, 0) is 48.7 Å². The van der Waals surface area contributed by atoms with E-state index in [1.165, 1.54) is 17.7 Å². The van der Waals surface area contributed by atoms with Gasteiger partial charge in [0, 0.05) is 5.02 Å².